The monoisotopic (exact) mass is 259 g/mol. The van der Waals surface area contributed by atoms with Crippen molar-refractivity contribution in [3.8, 4) is 0 Å². The maximum absolute atomic E-state index is 11.5. The van der Waals surface area contributed by atoms with E-state index >= 15 is 0 Å². The molecule has 0 fully saturated rings. The third-order valence-electron chi connectivity index (χ3n) is 2.19. The highest BCUT2D eigenvalue weighted by Crippen LogP contribution is 2.12. The Balaban J connectivity index is 2.14. The number of carbonyl (C=O) groups excluding carboxylic acids is 1. The summed E-state index contributed by atoms with van der Waals surface area (Å²) < 4.78 is 0.582. The summed E-state index contributed by atoms with van der Waals surface area (Å²) in [7, 11) is 0. The minimum absolute atomic E-state index is 0.0225. The molecule has 1 aromatic rings. The van der Waals surface area contributed by atoms with Crippen LogP contribution in [0, 0.1) is 3.95 Å². The van der Waals surface area contributed by atoms with Gasteiger partial charge in [0.1, 0.15) is 0 Å². The zero-order valence-corrected chi connectivity index (χ0v) is 11.0. The van der Waals surface area contributed by atoms with Crippen molar-refractivity contribution in [3.05, 3.63) is 3.95 Å². The molecule has 0 radical (unpaired) electrons. The van der Waals surface area contributed by atoms with Crippen LogP contribution in [0.2, 0.25) is 0 Å². The van der Waals surface area contributed by atoms with Gasteiger partial charge < -0.3 is 5.32 Å². The molecule has 90 valence electrons. The van der Waals surface area contributed by atoms with Crippen molar-refractivity contribution in [2.45, 2.75) is 45.4 Å². The zero-order valence-electron chi connectivity index (χ0n) is 9.41. The first-order chi connectivity index (χ1) is 7.72. The Morgan fingerprint density at radius 1 is 1.44 bits per heavy atom. The predicted molar refractivity (Wildman–Crippen MR) is 69.3 cm³/mol. The minimum atomic E-state index is 0.0225. The van der Waals surface area contributed by atoms with Gasteiger partial charge in [-0.25, -0.2) is 0 Å². The number of nitrogens with zero attached hydrogens (tertiary/aromatic N) is 1. The van der Waals surface area contributed by atoms with Crippen LogP contribution < -0.4 is 5.32 Å². The van der Waals surface area contributed by atoms with E-state index in [1.165, 1.54) is 30.6 Å². The van der Waals surface area contributed by atoms with Crippen molar-refractivity contribution in [1.29, 1.82) is 0 Å². The highest BCUT2D eigenvalue weighted by molar-refractivity contribution is 7.73. The fourth-order valence-corrected chi connectivity index (χ4v) is 2.16. The molecule has 1 heterocycles. The van der Waals surface area contributed by atoms with Crippen molar-refractivity contribution >= 4 is 34.6 Å². The molecular weight excluding hydrogens is 242 g/mol. The van der Waals surface area contributed by atoms with E-state index in [1.807, 2.05) is 0 Å². The summed E-state index contributed by atoms with van der Waals surface area (Å²) in [5.41, 5.74) is 0. The molecule has 4 nitrogen and oxygen atoms in total. The first-order valence-corrected chi connectivity index (χ1v) is 6.80. The Morgan fingerprint density at radius 2 is 2.19 bits per heavy atom. The molecule has 0 unspecified atom stereocenters. The van der Waals surface area contributed by atoms with E-state index in [2.05, 4.69) is 22.4 Å². The van der Waals surface area contributed by atoms with Crippen LogP contribution in [0.25, 0.3) is 0 Å². The second kappa shape index (κ2) is 7.51. The average molecular weight is 259 g/mol. The second-order valence-electron chi connectivity index (χ2n) is 3.63. The number of amides is 1. The fourth-order valence-electron chi connectivity index (χ4n) is 1.35. The van der Waals surface area contributed by atoms with Gasteiger partial charge in [-0.05, 0) is 18.6 Å². The average Bonchev–Trinajstić information content (AvgIpc) is 2.63. The van der Waals surface area contributed by atoms with Crippen molar-refractivity contribution < 1.29 is 4.79 Å². The number of anilines is 1. The third-order valence-corrected chi connectivity index (χ3v) is 3.20. The van der Waals surface area contributed by atoms with E-state index in [4.69, 9.17) is 12.2 Å². The number of rotatable bonds is 7. The molecule has 1 amide bonds. The van der Waals surface area contributed by atoms with Crippen LogP contribution in [-0.4, -0.2) is 16.1 Å². The smallest absolute Gasteiger partial charge is 0.226 e. The van der Waals surface area contributed by atoms with E-state index in [9.17, 15) is 4.79 Å². The molecule has 0 bridgehead atoms. The van der Waals surface area contributed by atoms with Crippen LogP contribution in [0.15, 0.2) is 0 Å². The molecule has 0 aromatic carbocycles. The van der Waals surface area contributed by atoms with Crippen molar-refractivity contribution in [2.24, 2.45) is 0 Å². The fraction of sp³-hybridized carbons (Fsp3) is 0.700. The molecule has 0 aliphatic rings. The first kappa shape index (κ1) is 13.3. The quantitative estimate of drug-likeness (QED) is 0.582. The summed E-state index contributed by atoms with van der Waals surface area (Å²) in [6.45, 7) is 2.18. The second-order valence-corrected chi connectivity index (χ2v) is 5.30. The molecule has 6 heteroatoms. The number of aromatic nitrogens is 2. The maximum Gasteiger partial charge on any atom is 0.226 e. The zero-order chi connectivity index (χ0) is 11.8. The molecule has 0 saturated carbocycles. The lowest BCUT2D eigenvalue weighted by Gasteiger charge is -2.00. The van der Waals surface area contributed by atoms with Gasteiger partial charge in [0, 0.05) is 6.42 Å². The highest BCUT2D eigenvalue weighted by Gasteiger charge is 2.04. The van der Waals surface area contributed by atoms with E-state index in [-0.39, 0.29) is 5.91 Å². The van der Waals surface area contributed by atoms with Crippen molar-refractivity contribution in [2.75, 3.05) is 5.32 Å². The van der Waals surface area contributed by atoms with Gasteiger partial charge >= 0.3 is 0 Å². The summed E-state index contributed by atoms with van der Waals surface area (Å²) in [5.74, 6) is 0.0225. The molecule has 1 rings (SSSR count). The van der Waals surface area contributed by atoms with Crippen LogP contribution in [-0.2, 0) is 4.79 Å². The summed E-state index contributed by atoms with van der Waals surface area (Å²) in [5, 5.41) is 9.78. The van der Waals surface area contributed by atoms with Crippen LogP contribution in [0.3, 0.4) is 0 Å². The number of nitrogens with one attached hydrogen (secondary N) is 2. The van der Waals surface area contributed by atoms with Crippen LogP contribution in [0.4, 0.5) is 5.13 Å². The molecule has 2 N–H and O–H groups in total. The molecule has 0 aliphatic heterocycles. The summed E-state index contributed by atoms with van der Waals surface area (Å²) >= 11 is 6.15. The molecule has 0 spiro atoms. The van der Waals surface area contributed by atoms with Gasteiger partial charge in [-0.15, -0.1) is 5.10 Å². The summed E-state index contributed by atoms with van der Waals surface area (Å²) in [6, 6.07) is 0. The van der Waals surface area contributed by atoms with Crippen LogP contribution >= 0.6 is 23.6 Å². The molecule has 16 heavy (non-hydrogen) atoms. The number of H-pyrrole nitrogens is 1. The Bertz CT molecular complexity index is 372. The van der Waals surface area contributed by atoms with Crippen molar-refractivity contribution in [3.63, 3.8) is 0 Å². The Labute approximate surface area is 104 Å². The van der Waals surface area contributed by atoms with Crippen molar-refractivity contribution in [1.82, 2.24) is 10.2 Å². The minimum Gasteiger partial charge on any atom is -0.301 e. The summed E-state index contributed by atoms with van der Waals surface area (Å²) in [4.78, 5) is 11.5. The standard InChI is InChI=1S/C10H17N3OS2/c1-2-3-4-5-6-7-8(14)11-9-12-13-10(15)16-9/h2-7H2,1H3,(H,13,15)(H,11,12,14). The largest absolute Gasteiger partial charge is 0.301 e. The lowest BCUT2D eigenvalue weighted by molar-refractivity contribution is -0.116. The normalized spacial score (nSPS) is 10.3. The number of aromatic amines is 1. The van der Waals surface area contributed by atoms with Gasteiger partial charge in [-0.1, -0.05) is 43.9 Å². The lowest BCUT2D eigenvalue weighted by atomic mass is 10.1. The van der Waals surface area contributed by atoms with Gasteiger partial charge in [0.15, 0.2) is 3.95 Å². The number of carbonyl (C=O) groups is 1. The van der Waals surface area contributed by atoms with Gasteiger partial charge in [-0.3, -0.25) is 9.89 Å². The van der Waals surface area contributed by atoms with Crippen LogP contribution in [0.5, 0.6) is 0 Å². The molecule has 0 atom stereocenters. The lowest BCUT2D eigenvalue weighted by Crippen LogP contribution is -2.10. The van der Waals surface area contributed by atoms with E-state index in [0.717, 1.165) is 12.8 Å². The van der Waals surface area contributed by atoms with Gasteiger partial charge in [-0.2, -0.15) is 0 Å². The first-order valence-electron chi connectivity index (χ1n) is 5.57. The maximum atomic E-state index is 11.5. The van der Waals surface area contributed by atoms with E-state index in [1.54, 1.807) is 0 Å². The Morgan fingerprint density at radius 3 is 2.81 bits per heavy atom. The predicted octanol–water partition coefficient (Wildman–Crippen LogP) is 3.50. The summed E-state index contributed by atoms with van der Waals surface area (Å²) in [6.07, 6.45) is 6.32. The Kier molecular flexibility index (Phi) is 6.25. The highest BCUT2D eigenvalue weighted by atomic mass is 32.1. The topological polar surface area (TPSA) is 57.8 Å². The van der Waals surface area contributed by atoms with E-state index < -0.39 is 0 Å². The SMILES string of the molecule is CCCCCCCC(=O)Nc1n[nH]c(=S)s1. The number of hydrogen-bond donors (Lipinski definition) is 2. The number of unbranched alkanes of at least 4 members (excludes halogenated alkanes) is 4. The van der Waals surface area contributed by atoms with Gasteiger partial charge in [0.25, 0.3) is 0 Å². The Hall–Kier alpha value is -0.750. The van der Waals surface area contributed by atoms with Gasteiger partial charge in [0.2, 0.25) is 11.0 Å². The molecule has 0 saturated heterocycles. The number of hydrogen-bond acceptors (Lipinski definition) is 4. The third kappa shape index (κ3) is 5.37. The molecule has 1 aromatic heterocycles. The van der Waals surface area contributed by atoms with Gasteiger partial charge in [0.05, 0.1) is 0 Å². The van der Waals surface area contributed by atoms with Crippen LogP contribution in [0.1, 0.15) is 45.4 Å². The molecule has 0 aliphatic carbocycles. The van der Waals surface area contributed by atoms with E-state index in [0.29, 0.717) is 15.5 Å². The molecular formula is C10H17N3OS2.